The third-order valence-corrected chi connectivity index (χ3v) is 1.72. The van der Waals surface area contributed by atoms with E-state index in [-0.39, 0.29) is 18.9 Å². The van der Waals surface area contributed by atoms with E-state index in [1.165, 1.54) is 7.11 Å². The highest BCUT2D eigenvalue weighted by atomic mass is 16.5. The molecule has 1 unspecified atom stereocenters. The summed E-state index contributed by atoms with van der Waals surface area (Å²) in [6.45, 7) is 0.445. The number of amides is 1. The van der Waals surface area contributed by atoms with Crippen molar-refractivity contribution < 1.29 is 24.2 Å². The molecule has 0 aliphatic heterocycles. The SMILES string of the molecule is COCCCC(=O)NC(COC)C(=O)O. The Kier molecular flexibility index (Phi) is 7.57. The number of hydrogen-bond acceptors (Lipinski definition) is 4. The zero-order chi connectivity index (χ0) is 11.7. The van der Waals surface area contributed by atoms with Crippen molar-refractivity contribution in [2.45, 2.75) is 18.9 Å². The van der Waals surface area contributed by atoms with E-state index in [4.69, 9.17) is 9.84 Å². The maximum Gasteiger partial charge on any atom is 0.328 e. The topological polar surface area (TPSA) is 84.9 Å². The van der Waals surface area contributed by atoms with Crippen LogP contribution < -0.4 is 5.32 Å². The number of nitrogens with one attached hydrogen (secondary N) is 1. The van der Waals surface area contributed by atoms with E-state index in [9.17, 15) is 9.59 Å². The van der Waals surface area contributed by atoms with Gasteiger partial charge in [-0.3, -0.25) is 4.79 Å². The minimum absolute atomic E-state index is 0.0364. The first-order valence-electron chi connectivity index (χ1n) is 4.61. The van der Waals surface area contributed by atoms with Crippen molar-refractivity contribution in [2.75, 3.05) is 27.4 Å². The van der Waals surface area contributed by atoms with E-state index in [0.717, 1.165) is 0 Å². The zero-order valence-corrected chi connectivity index (χ0v) is 8.99. The molecule has 0 aromatic carbocycles. The smallest absolute Gasteiger partial charge is 0.328 e. The lowest BCUT2D eigenvalue weighted by atomic mass is 10.2. The van der Waals surface area contributed by atoms with Crippen molar-refractivity contribution in [2.24, 2.45) is 0 Å². The van der Waals surface area contributed by atoms with Gasteiger partial charge in [0.05, 0.1) is 6.61 Å². The summed E-state index contributed by atoms with van der Waals surface area (Å²) in [5.74, 6) is -1.41. The van der Waals surface area contributed by atoms with E-state index in [1.807, 2.05) is 0 Å². The van der Waals surface area contributed by atoms with Gasteiger partial charge in [0.2, 0.25) is 5.91 Å². The van der Waals surface area contributed by atoms with Crippen LogP contribution in [0.1, 0.15) is 12.8 Å². The van der Waals surface area contributed by atoms with Gasteiger partial charge in [-0.1, -0.05) is 0 Å². The van der Waals surface area contributed by atoms with Crippen LogP contribution in [0.3, 0.4) is 0 Å². The first-order valence-corrected chi connectivity index (χ1v) is 4.61. The van der Waals surface area contributed by atoms with Crippen LogP contribution in [0.25, 0.3) is 0 Å². The molecule has 0 aliphatic rings. The van der Waals surface area contributed by atoms with Gasteiger partial charge < -0.3 is 19.9 Å². The normalized spacial score (nSPS) is 12.1. The first kappa shape index (κ1) is 13.9. The summed E-state index contributed by atoms with van der Waals surface area (Å²) in [4.78, 5) is 21.9. The molecule has 15 heavy (non-hydrogen) atoms. The van der Waals surface area contributed by atoms with Crippen LogP contribution in [0, 0.1) is 0 Å². The third-order valence-electron chi connectivity index (χ3n) is 1.72. The number of aliphatic carboxylic acids is 1. The van der Waals surface area contributed by atoms with Crippen LogP contribution in [0.2, 0.25) is 0 Å². The van der Waals surface area contributed by atoms with Gasteiger partial charge in [0.25, 0.3) is 0 Å². The molecule has 0 aliphatic carbocycles. The summed E-state index contributed by atoms with van der Waals surface area (Å²) in [5.41, 5.74) is 0. The number of carboxylic acids is 1. The third kappa shape index (κ3) is 6.87. The highest BCUT2D eigenvalue weighted by molar-refractivity contribution is 5.83. The van der Waals surface area contributed by atoms with Gasteiger partial charge in [0.15, 0.2) is 6.04 Å². The van der Waals surface area contributed by atoms with Crippen LogP contribution in [0.15, 0.2) is 0 Å². The second kappa shape index (κ2) is 8.19. The van der Waals surface area contributed by atoms with Gasteiger partial charge in [-0.05, 0) is 6.42 Å². The molecular formula is C9H17NO5. The number of methoxy groups -OCH3 is 2. The van der Waals surface area contributed by atoms with Gasteiger partial charge in [-0.2, -0.15) is 0 Å². The summed E-state index contributed by atoms with van der Waals surface area (Å²) in [6.07, 6.45) is 0.822. The second-order valence-electron chi connectivity index (χ2n) is 3.01. The summed E-state index contributed by atoms with van der Waals surface area (Å²) in [6, 6.07) is -0.981. The number of carbonyl (C=O) groups is 2. The van der Waals surface area contributed by atoms with E-state index in [1.54, 1.807) is 7.11 Å². The lowest BCUT2D eigenvalue weighted by molar-refractivity contribution is -0.143. The fourth-order valence-electron chi connectivity index (χ4n) is 0.985. The Morgan fingerprint density at radius 1 is 1.33 bits per heavy atom. The average molecular weight is 219 g/mol. The molecule has 1 atom stereocenters. The lowest BCUT2D eigenvalue weighted by Crippen LogP contribution is -2.43. The molecule has 88 valence electrons. The molecule has 0 fully saturated rings. The van der Waals surface area contributed by atoms with Crippen LogP contribution in [-0.2, 0) is 19.1 Å². The summed E-state index contributed by atoms with van der Waals surface area (Å²) in [5, 5.41) is 11.1. The summed E-state index contributed by atoms with van der Waals surface area (Å²) < 4.78 is 9.44. The molecule has 6 nitrogen and oxygen atoms in total. The molecule has 2 N–H and O–H groups in total. The number of carbonyl (C=O) groups excluding carboxylic acids is 1. The van der Waals surface area contributed by atoms with Crippen LogP contribution >= 0.6 is 0 Å². The number of carboxylic acid groups (broad SMARTS) is 1. The predicted molar refractivity (Wildman–Crippen MR) is 52.6 cm³/mol. The lowest BCUT2D eigenvalue weighted by Gasteiger charge is -2.13. The van der Waals surface area contributed by atoms with Crippen molar-refractivity contribution in [3.63, 3.8) is 0 Å². The van der Waals surface area contributed by atoms with Gasteiger partial charge in [-0.15, -0.1) is 0 Å². The van der Waals surface area contributed by atoms with Crippen molar-refractivity contribution >= 4 is 11.9 Å². The highest BCUT2D eigenvalue weighted by Crippen LogP contribution is 1.92. The quantitative estimate of drug-likeness (QED) is 0.544. The van der Waals surface area contributed by atoms with E-state index in [2.05, 4.69) is 10.1 Å². The van der Waals surface area contributed by atoms with Crippen molar-refractivity contribution in [1.29, 1.82) is 0 Å². The Balaban J connectivity index is 3.84. The average Bonchev–Trinajstić information content (AvgIpc) is 2.17. The summed E-state index contributed by atoms with van der Waals surface area (Å²) in [7, 11) is 2.93. The Bertz CT molecular complexity index is 207. The van der Waals surface area contributed by atoms with Crippen molar-refractivity contribution in [3.8, 4) is 0 Å². The molecule has 0 heterocycles. The molecule has 0 aromatic rings. The fourth-order valence-corrected chi connectivity index (χ4v) is 0.985. The first-order chi connectivity index (χ1) is 7.11. The van der Waals surface area contributed by atoms with Gasteiger partial charge in [0, 0.05) is 27.2 Å². The number of hydrogen-bond donors (Lipinski definition) is 2. The molecular weight excluding hydrogens is 202 g/mol. The molecule has 0 spiro atoms. The Hall–Kier alpha value is -1.14. The van der Waals surface area contributed by atoms with Crippen molar-refractivity contribution in [1.82, 2.24) is 5.32 Å². The molecule has 0 radical (unpaired) electrons. The molecule has 0 bridgehead atoms. The molecule has 0 saturated carbocycles. The Labute approximate surface area is 88.6 Å². The summed E-state index contributed by atoms with van der Waals surface area (Å²) >= 11 is 0. The van der Waals surface area contributed by atoms with Crippen molar-refractivity contribution in [3.05, 3.63) is 0 Å². The van der Waals surface area contributed by atoms with Crippen LogP contribution in [-0.4, -0.2) is 50.5 Å². The number of ether oxygens (including phenoxy) is 2. The highest BCUT2D eigenvalue weighted by Gasteiger charge is 2.18. The van der Waals surface area contributed by atoms with Crippen LogP contribution in [0.5, 0.6) is 0 Å². The molecule has 6 heteroatoms. The molecule has 1 amide bonds. The Morgan fingerprint density at radius 3 is 2.47 bits per heavy atom. The molecule has 0 aromatic heterocycles. The minimum atomic E-state index is -1.10. The maximum atomic E-state index is 11.2. The van der Waals surface area contributed by atoms with Gasteiger partial charge >= 0.3 is 5.97 Å². The van der Waals surface area contributed by atoms with E-state index >= 15 is 0 Å². The standard InChI is InChI=1S/C9H17NO5/c1-14-5-3-4-8(11)10-7(6-15-2)9(12)13/h7H,3-6H2,1-2H3,(H,10,11)(H,12,13). The van der Waals surface area contributed by atoms with Gasteiger partial charge in [0.1, 0.15) is 0 Å². The van der Waals surface area contributed by atoms with Gasteiger partial charge in [-0.25, -0.2) is 4.79 Å². The predicted octanol–water partition coefficient (Wildman–Crippen LogP) is -0.371. The molecule has 0 rings (SSSR count). The number of rotatable bonds is 8. The zero-order valence-electron chi connectivity index (χ0n) is 8.99. The maximum absolute atomic E-state index is 11.2. The van der Waals surface area contributed by atoms with Crippen LogP contribution in [0.4, 0.5) is 0 Å². The minimum Gasteiger partial charge on any atom is -0.480 e. The van der Waals surface area contributed by atoms with E-state index < -0.39 is 12.0 Å². The second-order valence-corrected chi connectivity index (χ2v) is 3.01. The Morgan fingerprint density at radius 2 is 2.00 bits per heavy atom. The monoisotopic (exact) mass is 219 g/mol. The van der Waals surface area contributed by atoms with E-state index in [0.29, 0.717) is 13.0 Å². The molecule has 0 saturated heterocycles. The largest absolute Gasteiger partial charge is 0.480 e. The fraction of sp³-hybridized carbons (Fsp3) is 0.778.